The molecule has 7 rings (SSSR count). The average molecular weight is 694 g/mol. The number of halogens is 4. The van der Waals surface area contributed by atoms with Crippen molar-refractivity contribution in [3.8, 4) is 5.75 Å². The van der Waals surface area contributed by atoms with Gasteiger partial charge in [0, 0.05) is 17.4 Å². The van der Waals surface area contributed by atoms with E-state index in [4.69, 9.17) is 35.6 Å². The van der Waals surface area contributed by atoms with Gasteiger partial charge in [0.15, 0.2) is 5.60 Å². The summed E-state index contributed by atoms with van der Waals surface area (Å²) >= 11 is 6.94. The largest absolute Gasteiger partial charge is 0.476 e. The van der Waals surface area contributed by atoms with Crippen LogP contribution >= 0.6 is 11.6 Å². The highest BCUT2D eigenvalue weighted by molar-refractivity contribution is 6.24. The van der Waals surface area contributed by atoms with Gasteiger partial charge in [0.2, 0.25) is 5.91 Å². The van der Waals surface area contributed by atoms with E-state index in [1.165, 1.54) is 24.3 Å². The first kappa shape index (κ1) is 34.6. The molecule has 1 spiro atoms. The predicted octanol–water partition coefficient (Wildman–Crippen LogP) is 2.88. The molecule has 0 radical (unpaired) electrons. The van der Waals surface area contributed by atoms with Crippen molar-refractivity contribution in [1.29, 1.82) is 0 Å². The molecule has 5 N–H and O–H groups in total. The van der Waals surface area contributed by atoms with Crippen LogP contribution < -0.4 is 10.1 Å². The SMILES string of the molecule is CCC(O)C(O)C1OC(Oc2cccc(C3(OCC(F)(F)F)OOC34C3CC5CC4CC(Cl)(C5)C3)c2)(C(=O)O)CC(O)C1NC(C)=O. The van der Waals surface area contributed by atoms with Crippen LogP contribution in [-0.2, 0) is 34.6 Å². The lowest BCUT2D eigenvalue weighted by molar-refractivity contribution is -0.650. The fourth-order valence-electron chi connectivity index (χ4n) is 8.76. The fraction of sp³-hybridized carbons (Fsp3) is 0.742. The number of carbonyl (C=O) groups excluding carboxylic acids is 1. The van der Waals surface area contributed by atoms with Crippen LogP contribution in [0, 0.1) is 17.8 Å². The minimum atomic E-state index is -4.72. The highest BCUT2D eigenvalue weighted by atomic mass is 35.5. The molecule has 9 atom stereocenters. The summed E-state index contributed by atoms with van der Waals surface area (Å²) in [5.74, 6) is -7.48. The Hall–Kier alpha value is -2.24. The van der Waals surface area contributed by atoms with Crippen LogP contribution in [-0.4, -0.2) is 91.8 Å². The van der Waals surface area contributed by atoms with Crippen LogP contribution in [0.1, 0.15) is 64.4 Å². The van der Waals surface area contributed by atoms with E-state index in [9.17, 15) is 43.2 Å². The number of aliphatic hydroxyl groups is 3. The number of hydrogen-bond donors (Lipinski definition) is 5. The maximum Gasteiger partial charge on any atom is 0.411 e. The Kier molecular flexibility index (Phi) is 8.82. The highest BCUT2D eigenvalue weighted by Gasteiger charge is 2.79. The topological polar surface area (TPSA) is 173 Å². The number of carboxylic acids is 1. The first-order valence-corrected chi connectivity index (χ1v) is 16.1. The number of amides is 1. The van der Waals surface area contributed by atoms with Crippen LogP contribution in [0.5, 0.6) is 5.75 Å². The van der Waals surface area contributed by atoms with E-state index in [1.807, 2.05) is 0 Å². The number of hydrogen-bond acceptors (Lipinski definition) is 10. The van der Waals surface area contributed by atoms with E-state index in [0.717, 1.165) is 13.3 Å². The lowest BCUT2D eigenvalue weighted by atomic mass is 9.46. The zero-order valence-corrected chi connectivity index (χ0v) is 26.5. The number of aliphatic carboxylic acids is 1. The number of nitrogens with one attached hydrogen (secondary N) is 1. The molecule has 1 aromatic carbocycles. The second-order valence-corrected chi connectivity index (χ2v) is 14.5. The van der Waals surface area contributed by atoms with Crippen LogP contribution in [0.2, 0.25) is 0 Å². The van der Waals surface area contributed by atoms with Crippen LogP contribution in [0.15, 0.2) is 24.3 Å². The summed E-state index contributed by atoms with van der Waals surface area (Å²) in [7, 11) is 0. The van der Waals surface area contributed by atoms with E-state index in [-0.39, 0.29) is 35.5 Å². The van der Waals surface area contributed by atoms with Crippen molar-refractivity contribution in [3.63, 3.8) is 0 Å². The van der Waals surface area contributed by atoms with Crippen molar-refractivity contribution in [2.45, 2.75) is 117 Å². The molecule has 262 valence electrons. The quantitative estimate of drug-likeness (QED) is 0.180. The molecular weight excluding hydrogens is 655 g/mol. The summed E-state index contributed by atoms with van der Waals surface area (Å²) in [5, 5.41) is 45.0. The molecule has 6 fully saturated rings. The van der Waals surface area contributed by atoms with Gasteiger partial charge in [0.05, 0.1) is 24.7 Å². The lowest BCUT2D eigenvalue weighted by Gasteiger charge is -2.70. The van der Waals surface area contributed by atoms with E-state index in [2.05, 4.69) is 5.32 Å². The predicted molar refractivity (Wildman–Crippen MR) is 154 cm³/mol. The molecule has 4 bridgehead atoms. The normalized spacial score (nSPS) is 42.1. The van der Waals surface area contributed by atoms with E-state index in [0.29, 0.717) is 25.7 Å². The van der Waals surface area contributed by atoms with Gasteiger partial charge in [-0.05, 0) is 68.4 Å². The molecule has 4 saturated carbocycles. The first-order chi connectivity index (χ1) is 22.0. The van der Waals surface area contributed by atoms with E-state index in [1.54, 1.807) is 6.92 Å². The molecule has 6 aliphatic rings. The molecule has 12 nitrogen and oxygen atoms in total. The number of ether oxygens (including phenoxy) is 3. The standard InChI is InChI=1S/C31H39ClF3NO11/c1-3-21(38)24(40)25-23(36-15(2)37)22(39)13-28(45-25,26(41)42)44-20-6-4-5-17(9-20)31(43-14-29(33,34)35)30(46-47-31)18-7-16-8-19(30)12-27(32,10-16)11-18/h4-6,9,16,18-19,21-25,38-40H,3,7-8,10-14H2,1-2H3,(H,36,37)(H,41,42). The number of carboxylic acid groups (broad SMARTS) is 1. The van der Waals surface area contributed by atoms with Crippen molar-refractivity contribution in [3.05, 3.63) is 29.8 Å². The molecule has 1 amide bonds. The molecule has 0 aromatic heterocycles. The molecule has 4 aliphatic carbocycles. The van der Waals surface area contributed by atoms with Gasteiger partial charge in [-0.15, -0.1) is 11.6 Å². The van der Waals surface area contributed by atoms with Gasteiger partial charge < -0.3 is 40.0 Å². The van der Waals surface area contributed by atoms with E-state index < -0.39 is 83.6 Å². The van der Waals surface area contributed by atoms with Gasteiger partial charge in [-0.25, -0.2) is 9.68 Å². The zero-order valence-electron chi connectivity index (χ0n) is 25.7. The van der Waals surface area contributed by atoms with Gasteiger partial charge in [-0.1, -0.05) is 19.1 Å². The van der Waals surface area contributed by atoms with Crippen molar-refractivity contribution >= 4 is 23.5 Å². The molecule has 2 heterocycles. The molecule has 9 unspecified atom stereocenters. The maximum atomic E-state index is 13.7. The lowest BCUT2D eigenvalue weighted by Crippen LogP contribution is -2.78. The summed E-state index contributed by atoms with van der Waals surface area (Å²) < 4.78 is 58.3. The van der Waals surface area contributed by atoms with Gasteiger partial charge in [0.1, 0.15) is 24.6 Å². The fourth-order valence-corrected chi connectivity index (χ4v) is 9.35. The van der Waals surface area contributed by atoms with Gasteiger partial charge >= 0.3 is 17.9 Å². The number of alkyl halides is 4. The second kappa shape index (κ2) is 12.0. The smallest absolute Gasteiger partial charge is 0.411 e. The van der Waals surface area contributed by atoms with Crippen molar-refractivity contribution < 1.29 is 67.2 Å². The minimum absolute atomic E-state index is 0.0320. The number of rotatable bonds is 10. The first-order valence-electron chi connectivity index (χ1n) is 15.7. The number of benzene rings is 1. The summed E-state index contributed by atoms with van der Waals surface area (Å²) in [6.07, 6.45) is -8.71. The molecular formula is C31H39ClF3NO11. The Morgan fingerprint density at radius 1 is 1.13 bits per heavy atom. The van der Waals surface area contributed by atoms with Gasteiger partial charge in [-0.2, -0.15) is 18.1 Å². The Morgan fingerprint density at radius 3 is 2.34 bits per heavy atom. The molecule has 16 heteroatoms. The molecule has 47 heavy (non-hydrogen) atoms. The Morgan fingerprint density at radius 2 is 1.81 bits per heavy atom. The summed E-state index contributed by atoms with van der Waals surface area (Å²) in [6.45, 7) is 1.05. The van der Waals surface area contributed by atoms with Crippen LogP contribution in [0.3, 0.4) is 0 Å². The Bertz CT molecular complexity index is 1370. The number of carbonyl (C=O) groups is 2. The molecule has 1 aromatic rings. The summed E-state index contributed by atoms with van der Waals surface area (Å²) in [6, 6.07) is 4.18. The van der Waals surface area contributed by atoms with E-state index >= 15 is 0 Å². The molecule has 2 aliphatic heterocycles. The van der Waals surface area contributed by atoms with Gasteiger partial charge in [0.25, 0.3) is 5.79 Å². The minimum Gasteiger partial charge on any atom is -0.476 e. The Labute approximate surface area is 273 Å². The third kappa shape index (κ3) is 5.79. The third-order valence-electron chi connectivity index (χ3n) is 10.5. The van der Waals surface area contributed by atoms with Crippen molar-refractivity contribution in [2.75, 3.05) is 6.61 Å². The number of aliphatic hydroxyl groups excluding tert-OH is 3. The van der Waals surface area contributed by atoms with Crippen molar-refractivity contribution in [1.82, 2.24) is 5.32 Å². The monoisotopic (exact) mass is 693 g/mol. The van der Waals surface area contributed by atoms with Crippen LogP contribution in [0.25, 0.3) is 0 Å². The third-order valence-corrected chi connectivity index (χ3v) is 11.0. The highest BCUT2D eigenvalue weighted by Crippen LogP contribution is 2.71. The second-order valence-electron chi connectivity index (χ2n) is 13.7. The molecule has 2 saturated heterocycles. The Balaban J connectivity index is 1.36. The van der Waals surface area contributed by atoms with Gasteiger partial charge in [-0.3, -0.25) is 4.79 Å². The zero-order chi connectivity index (χ0) is 34.2. The van der Waals surface area contributed by atoms with Crippen molar-refractivity contribution in [2.24, 2.45) is 17.8 Å². The average Bonchev–Trinajstić information content (AvgIpc) is 2.96. The summed E-state index contributed by atoms with van der Waals surface area (Å²) in [4.78, 5) is 35.6. The maximum absolute atomic E-state index is 13.7. The summed E-state index contributed by atoms with van der Waals surface area (Å²) in [5.41, 5.74) is -1.22. The van der Waals surface area contributed by atoms with Crippen LogP contribution in [0.4, 0.5) is 13.2 Å².